The Morgan fingerprint density at radius 3 is 2.50 bits per heavy atom. The van der Waals surface area contributed by atoms with Gasteiger partial charge in [-0.2, -0.15) is 23.0 Å². The number of halogens is 3. The molecule has 20 heavy (non-hydrogen) atoms. The minimum atomic E-state index is -4.56. The fraction of sp³-hybridized carbons (Fsp3) is 0.231. The molecule has 106 valence electrons. The van der Waals surface area contributed by atoms with Crippen molar-refractivity contribution in [3.05, 3.63) is 47.2 Å². The van der Waals surface area contributed by atoms with Crippen LogP contribution in [0.1, 0.15) is 16.8 Å². The Bertz CT molecular complexity index is 608. The van der Waals surface area contributed by atoms with Crippen LogP contribution in [0.5, 0.6) is 0 Å². The third-order valence-electron chi connectivity index (χ3n) is 2.68. The molecule has 0 bridgehead atoms. The average Bonchev–Trinajstić information content (AvgIpc) is 2.74. The van der Waals surface area contributed by atoms with Crippen LogP contribution in [0.3, 0.4) is 0 Å². The third kappa shape index (κ3) is 3.04. The zero-order valence-electron chi connectivity index (χ0n) is 10.5. The summed E-state index contributed by atoms with van der Waals surface area (Å²) in [6.45, 7) is 1.32. The highest BCUT2D eigenvalue weighted by molar-refractivity contribution is 7.98. The molecule has 1 aromatic carbocycles. The van der Waals surface area contributed by atoms with E-state index in [9.17, 15) is 18.0 Å². The standard InChI is InChI=1S/C13H11F3N2OS/c1-9-11(13(14,15)16)17-18(8-19)12(9)20-7-10-5-3-2-4-6-10/h2-6,8H,7H2,1H3. The maximum Gasteiger partial charge on any atom is 0.435 e. The summed E-state index contributed by atoms with van der Waals surface area (Å²) >= 11 is 1.16. The zero-order valence-corrected chi connectivity index (χ0v) is 11.3. The second-order valence-corrected chi connectivity index (χ2v) is 5.06. The van der Waals surface area contributed by atoms with E-state index in [4.69, 9.17) is 0 Å². The summed E-state index contributed by atoms with van der Waals surface area (Å²) in [7, 11) is 0. The van der Waals surface area contributed by atoms with Gasteiger partial charge < -0.3 is 0 Å². The lowest BCUT2D eigenvalue weighted by molar-refractivity contribution is -0.141. The van der Waals surface area contributed by atoms with Gasteiger partial charge in [0.25, 0.3) is 0 Å². The van der Waals surface area contributed by atoms with Crippen molar-refractivity contribution >= 4 is 18.2 Å². The van der Waals surface area contributed by atoms with Gasteiger partial charge in [-0.3, -0.25) is 4.79 Å². The predicted octanol–water partition coefficient (Wildman–Crippen LogP) is 3.54. The molecule has 0 aliphatic heterocycles. The maximum atomic E-state index is 12.7. The van der Waals surface area contributed by atoms with E-state index < -0.39 is 11.9 Å². The normalized spacial score (nSPS) is 11.6. The van der Waals surface area contributed by atoms with Gasteiger partial charge in [0.2, 0.25) is 6.41 Å². The SMILES string of the molecule is Cc1c(C(F)(F)F)nn(C=O)c1SCc1ccccc1. The molecule has 1 heterocycles. The molecule has 0 fully saturated rings. The Labute approximate surface area is 117 Å². The van der Waals surface area contributed by atoms with E-state index in [1.807, 2.05) is 30.3 Å². The van der Waals surface area contributed by atoms with Gasteiger partial charge in [0.1, 0.15) is 5.03 Å². The quantitative estimate of drug-likeness (QED) is 0.640. The maximum absolute atomic E-state index is 12.7. The van der Waals surface area contributed by atoms with Crippen molar-refractivity contribution in [2.75, 3.05) is 0 Å². The van der Waals surface area contributed by atoms with Crippen molar-refractivity contribution in [3.8, 4) is 0 Å². The van der Waals surface area contributed by atoms with Crippen LogP contribution in [0.25, 0.3) is 0 Å². The van der Waals surface area contributed by atoms with Crippen LogP contribution in [-0.2, 0) is 16.7 Å². The summed E-state index contributed by atoms with van der Waals surface area (Å²) in [5.41, 5.74) is -0.0743. The van der Waals surface area contributed by atoms with Crippen molar-refractivity contribution in [3.63, 3.8) is 0 Å². The summed E-state index contributed by atoms with van der Waals surface area (Å²) < 4.78 is 39.0. The number of nitrogens with zero attached hydrogens (tertiary/aromatic N) is 2. The van der Waals surface area contributed by atoms with E-state index in [1.165, 1.54) is 6.92 Å². The molecule has 3 nitrogen and oxygen atoms in total. The van der Waals surface area contributed by atoms with Crippen LogP contribution in [0.2, 0.25) is 0 Å². The number of carbonyl (C=O) groups is 1. The van der Waals surface area contributed by atoms with Gasteiger partial charge in [0.05, 0.1) is 0 Å². The van der Waals surface area contributed by atoms with Gasteiger partial charge in [0, 0.05) is 11.3 Å². The number of carbonyl (C=O) groups excluding carboxylic acids is 1. The van der Waals surface area contributed by atoms with Crippen LogP contribution in [0.15, 0.2) is 35.4 Å². The van der Waals surface area contributed by atoms with Crippen LogP contribution in [0, 0.1) is 6.92 Å². The van der Waals surface area contributed by atoms with Gasteiger partial charge in [-0.1, -0.05) is 30.3 Å². The Balaban J connectivity index is 2.27. The van der Waals surface area contributed by atoms with Crippen molar-refractivity contribution in [1.29, 1.82) is 0 Å². The van der Waals surface area contributed by atoms with Crippen molar-refractivity contribution in [2.45, 2.75) is 23.9 Å². The molecule has 1 aromatic heterocycles. The second kappa shape index (κ2) is 5.70. The van der Waals surface area contributed by atoms with Gasteiger partial charge in [0.15, 0.2) is 5.69 Å². The first-order valence-corrected chi connectivity index (χ1v) is 6.70. The zero-order chi connectivity index (χ0) is 14.8. The molecule has 0 radical (unpaired) electrons. The number of thioether (sulfide) groups is 1. The molecular weight excluding hydrogens is 289 g/mol. The summed E-state index contributed by atoms with van der Waals surface area (Å²) in [6.07, 6.45) is -4.27. The molecule has 0 aliphatic rings. The molecule has 0 saturated carbocycles. The molecular formula is C13H11F3N2OS. The summed E-state index contributed by atoms with van der Waals surface area (Å²) in [6, 6.07) is 9.29. The monoisotopic (exact) mass is 300 g/mol. The molecule has 0 N–H and O–H groups in total. The Hall–Kier alpha value is -1.76. The third-order valence-corrected chi connectivity index (χ3v) is 3.92. The van der Waals surface area contributed by atoms with Crippen LogP contribution in [0.4, 0.5) is 13.2 Å². The number of aromatic nitrogens is 2. The topological polar surface area (TPSA) is 34.9 Å². The summed E-state index contributed by atoms with van der Waals surface area (Å²) in [4.78, 5) is 10.9. The molecule has 0 spiro atoms. The number of benzene rings is 1. The first-order chi connectivity index (χ1) is 9.43. The number of hydrogen-bond acceptors (Lipinski definition) is 3. The molecule has 0 aliphatic carbocycles. The average molecular weight is 300 g/mol. The summed E-state index contributed by atoms with van der Waals surface area (Å²) in [5, 5.41) is 3.53. The van der Waals surface area contributed by atoms with E-state index in [2.05, 4.69) is 5.10 Å². The first kappa shape index (κ1) is 14.6. The Morgan fingerprint density at radius 2 is 1.95 bits per heavy atom. The van der Waals surface area contributed by atoms with Gasteiger partial charge in [-0.25, -0.2) is 0 Å². The molecule has 2 aromatic rings. The van der Waals surface area contributed by atoms with Gasteiger partial charge >= 0.3 is 6.18 Å². The molecule has 0 amide bonds. The Morgan fingerprint density at radius 1 is 1.30 bits per heavy atom. The fourth-order valence-corrected chi connectivity index (χ4v) is 2.77. The fourth-order valence-electron chi connectivity index (χ4n) is 1.74. The highest BCUT2D eigenvalue weighted by Crippen LogP contribution is 2.36. The Kier molecular flexibility index (Phi) is 4.17. The van der Waals surface area contributed by atoms with Gasteiger partial charge in [-0.05, 0) is 12.5 Å². The highest BCUT2D eigenvalue weighted by atomic mass is 32.2. The van der Waals surface area contributed by atoms with Gasteiger partial charge in [-0.15, -0.1) is 11.8 Å². The number of rotatable bonds is 4. The lowest BCUT2D eigenvalue weighted by atomic mass is 10.2. The minimum Gasteiger partial charge on any atom is -0.276 e. The van der Waals surface area contributed by atoms with E-state index in [-0.39, 0.29) is 17.0 Å². The first-order valence-electron chi connectivity index (χ1n) is 5.72. The lowest BCUT2D eigenvalue weighted by Crippen LogP contribution is -2.08. The van der Waals surface area contributed by atoms with Crippen molar-refractivity contribution in [1.82, 2.24) is 9.78 Å². The number of alkyl halides is 3. The van der Waals surface area contributed by atoms with Crippen LogP contribution >= 0.6 is 11.8 Å². The smallest absolute Gasteiger partial charge is 0.276 e. The summed E-state index contributed by atoms with van der Waals surface area (Å²) in [5.74, 6) is 0.471. The van der Waals surface area contributed by atoms with E-state index in [0.29, 0.717) is 5.75 Å². The van der Waals surface area contributed by atoms with Crippen molar-refractivity contribution < 1.29 is 18.0 Å². The predicted molar refractivity (Wildman–Crippen MR) is 70.1 cm³/mol. The molecule has 2 rings (SSSR count). The minimum absolute atomic E-state index is 0.0227. The molecule has 0 saturated heterocycles. The lowest BCUT2D eigenvalue weighted by Gasteiger charge is -2.04. The number of hydrogen-bond donors (Lipinski definition) is 0. The van der Waals surface area contributed by atoms with E-state index in [0.717, 1.165) is 22.0 Å². The molecule has 7 heteroatoms. The second-order valence-electron chi connectivity index (χ2n) is 4.10. The van der Waals surface area contributed by atoms with Crippen molar-refractivity contribution in [2.24, 2.45) is 0 Å². The van der Waals surface area contributed by atoms with Crippen LogP contribution < -0.4 is 0 Å². The highest BCUT2D eigenvalue weighted by Gasteiger charge is 2.37. The molecule has 0 atom stereocenters. The van der Waals surface area contributed by atoms with E-state index in [1.54, 1.807) is 0 Å². The largest absolute Gasteiger partial charge is 0.435 e. The van der Waals surface area contributed by atoms with Crippen LogP contribution in [-0.4, -0.2) is 16.2 Å². The molecule has 0 unspecified atom stereocenters. The van der Waals surface area contributed by atoms with E-state index >= 15 is 0 Å².